The summed E-state index contributed by atoms with van der Waals surface area (Å²) in [4.78, 5) is 12.4. The number of nitrogens with two attached hydrogens (primary N) is 1. The summed E-state index contributed by atoms with van der Waals surface area (Å²) in [5, 5.41) is 7.10. The van der Waals surface area contributed by atoms with Crippen LogP contribution in [0.15, 0.2) is 33.0 Å². The minimum atomic E-state index is -0.205. The van der Waals surface area contributed by atoms with E-state index in [9.17, 15) is 4.79 Å². The average Bonchev–Trinajstić information content (AvgIpc) is 2.64. The average molecular weight is 278 g/mol. The lowest BCUT2D eigenvalue weighted by Crippen LogP contribution is -2.18. The standard InChI is InChI=1S/C13H18N4OS/c1-8-4-5-11(10(6-8)7-9(2)14)19-13-16-15-12(18)17(13)3/h4-6,9H,7,14H2,1-3H3,(H,15,18). The highest BCUT2D eigenvalue weighted by Gasteiger charge is 2.11. The zero-order valence-electron chi connectivity index (χ0n) is 11.3. The van der Waals surface area contributed by atoms with Crippen molar-refractivity contribution in [2.45, 2.75) is 36.4 Å². The highest BCUT2D eigenvalue weighted by molar-refractivity contribution is 7.99. The van der Waals surface area contributed by atoms with Gasteiger partial charge in [-0.1, -0.05) is 17.7 Å². The third kappa shape index (κ3) is 3.27. The second-order valence-corrected chi connectivity index (χ2v) is 5.77. The summed E-state index contributed by atoms with van der Waals surface area (Å²) in [6, 6.07) is 6.34. The van der Waals surface area contributed by atoms with Gasteiger partial charge in [0, 0.05) is 18.0 Å². The van der Waals surface area contributed by atoms with E-state index in [2.05, 4.69) is 35.3 Å². The van der Waals surface area contributed by atoms with E-state index >= 15 is 0 Å². The number of aryl methyl sites for hydroxylation is 1. The summed E-state index contributed by atoms with van der Waals surface area (Å²) in [5.74, 6) is 0. The Labute approximate surface area is 116 Å². The molecule has 1 aromatic heterocycles. The fourth-order valence-corrected chi connectivity index (χ4v) is 2.75. The van der Waals surface area contributed by atoms with E-state index < -0.39 is 0 Å². The van der Waals surface area contributed by atoms with Gasteiger partial charge in [-0.2, -0.15) is 0 Å². The number of hydrogen-bond donors (Lipinski definition) is 2. The molecule has 0 saturated carbocycles. The molecule has 19 heavy (non-hydrogen) atoms. The first-order valence-electron chi connectivity index (χ1n) is 6.11. The molecule has 1 aromatic carbocycles. The van der Waals surface area contributed by atoms with Crippen molar-refractivity contribution in [1.29, 1.82) is 0 Å². The van der Waals surface area contributed by atoms with E-state index in [4.69, 9.17) is 5.73 Å². The topological polar surface area (TPSA) is 76.7 Å². The van der Waals surface area contributed by atoms with Crippen LogP contribution in [0.1, 0.15) is 18.1 Å². The number of aromatic nitrogens is 3. The number of aromatic amines is 1. The fraction of sp³-hybridized carbons (Fsp3) is 0.385. The lowest BCUT2D eigenvalue weighted by atomic mass is 10.1. The van der Waals surface area contributed by atoms with Crippen LogP contribution in [0, 0.1) is 6.92 Å². The predicted molar refractivity (Wildman–Crippen MR) is 76.5 cm³/mol. The van der Waals surface area contributed by atoms with Crippen molar-refractivity contribution < 1.29 is 0 Å². The van der Waals surface area contributed by atoms with Crippen molar-refractivity contribution in [2.75, 3.05) is 0 Å². The van der Waals surface area contributed by atoms with Crippen LogP contribution >= 0.6 is 11.8 Å². The van der Waals surface area contributed by atoms with Crippen molar-refractivity contribution in [3.8, 4) is 0 Å². The summed E-state index contributed by atoms with van der Waals surface area (Å²) >= 11 is 1.48. The first kappa shape index (κ1) is 13.9. The summed E-state index contributed by atoms with van der Waals surface area (Å²) in [6.07, 6.45) is 0.808. The van der Waals surface area contributed by atoms with E-state index in [1.54, 1.807) is 7.05 Å². The van der Waals surface area contributed by atoms with Crippen LogP contribution in [0.25, 0.3) is 0 Å². The molecule has 2 aromatic rings. The second-order valence-electron chi connectivity index (χ2n) is 4.76. The van der Waals surface area contributed by atoms with Crippen molar-refractivity contribution >= 4 is 11.8 Å². The van der Waals surface area contributed by atoms with Gasteiger partial charge in [0.2, 0.25) is 0 Å². The number of H-pyrrole nitrogens is 1. The molecule has 5 nitrogen and oxygen atoms in total. The molecule has 1 unspecified atom stereocenters. The molecule has 0 spiro atoms. The number of nitrogens with one attached hydrogen (secondary N) is 1. The first-order chi connectivity index (χ1) is 8.97. The van der Waals surface area contributed by atoms with Crippen LogP contribution in [-0.2, 0) is 13.5 Å². The molecule has 2 rings (SSSR count). The second kappa shape index (κ2) is 5.63. The Kier molecular flexibility index (Phi) is 4.11. The molecule has 1 atom stereocenters. The lowest BCUT2D eigenvalue weighted by molar-refractivity contribution is 0.727. The zero-order valence-corrected chi connectivity index (χ0v) is 12.1. The molecule has 0 aliphatic carbocycles. The summed E-state index contributed by atoms with van der Waals surface area (Å²) in [5.41, 5.74) is 8.07. The molecule has 1 heterocycles. The number of benzene rings is 1. The zero-order chi connectivity index (χ0) is 14.0. The van der Waals surface area contributed by atoms with Crippen molar-refractivity contribution in [2.24, 2.45) is 12.8 Å². The quantitative estimate of drug-likeness (QED) is 0.887. The molecular formula is C13H18N4OS. The van der Waals surface area contributed by atoms with E-state index in [1.807, 2.05) is 6.92 Å². The van der Waals surface area contributed by atoms with Crippen LogP contribution in [0.2, 0.25) is 0 Å². The van der Waals surface area contributed by atoms with Gasteiger partial charge >= 0.3 is 5.69 Å². The predicted octanol–water partition coefficient (Wildman–Crippen LogP) is 1.46. The molecule has 0 fully saturated rings. The van der Waals surface area contributed by atoms with E-state index in [0.29, 0.717) is 5.16 Å². The molecule has 0 aliphatic heterocycles. The maximum Gasteiger partial charge on any atom is 0.343 e. The molecule has 0 radical (unpaired) electrons. The lowest BCUT2D eigenvalue weighted by Gasteiger charge is -2.11. The first-order valence-corrected chi connectivity index (χ1v) is 6.93. The van der Waals surface area contributed by atoms with Gasteiger partial charge in [0.15, 0.2) is 5.16 Å². The SMILES string of the molecule is Cc1ccc(Sc2n[nH]c(=O)n2C)c(CC(C)N)c1. The van der Waals surface area contributed by atoms with Gasteiger partial charge in [0.1, 0.15) is 0 Å². The monoisotopic (exact) mass is 278 g/mol. The Morgan fingerprint density at radius 3 is 2.84 bits per heavy atom. The third-order valence-corrected chi connectivity index (χ3v) is 3.96. The Bertz CT molecular complexity index is 630. The smallest absolute Gasteiger partial charge is 0.328 e. The number of rotatable bonds is 4. The number of nitrogens with zero attached hydrogens (tertiary/aromatic N) is 2. The maximum absolute atomic E-state index is 11.4. The van der Waals surface area contributed by atoms with Gasteiger partial charge in [-0.25, -0.2) is 9.89 Å². The highest BCUT2D eigenvalue weighted by atomic mass is 32.2. The van der Waals surface area contributed by atoms with Crippen molar-refractivity contribution in [3.63, 3.8) is 0 Å². The van der Waals surface area contributed by atoms with Crippen LogP contribution in [0.3, 0.4) is 0 Å². The molecule has 6 heteroatoms. The summed E-state index contributed by atoms with van der Waals surface area (Å²) < 4.78 is 1.50. The molecule has 0 amide bonds. The fourth-order valence-electron chi connectivity index (χ4n) is 1.84. The minimum absolute atomic E-state index is 0.101. The largest absolute Gasteiger partial charge is 0.343 e. The van der Waals surface area contributed by atoms with E-state index in [0.717, 1.165) is 11.3 Å². The van der Waals surface area contributed by atoms with Crippen molar-refractivity contribution in [1.82, 2.24) is 14.8 Å². The highest BCUT2D eigenvalue weighted by Crippen LogP contribution is 2.29. The summed E-state index contributed by atoms with van der Waals surface area (Å²) in [6.45, 7) is 4.05. The molecular weight excluding hydrogens is 260 g/mol. The van der Waals surface area contributed by atoms with Gasteiger partial charge < -0.3 is 5.73 Å². The van der Waals surface area contributed by atoms with Crippen molar-refractivity contribution in [3.05, 3.63) is 39.8 Å². The van der Waals surface area contributed by atoms with Gasteiger partial charge in [0.05, 0.1) is 0 Å². The molecule has 102 valence electrons. The van der Waals surface area contributed by atoms with Crippen LogP contribution < -0.4 is 11.4 Å². The van der Waals surface area contributed by atoms with Gasteiger partial charge in [-0.05, 0) is 43.7 Å². The minimum Gasteiger partial charge on any atom is -0.328 e. The normalized spacial score (nSPS) is 12.6. The van der Waals surface area contributed by atoms with Gasteiger partial charge in [-0.3, -0.25) is 4.57 Å². The molecule has 0 bridgehead atoms. The van der Waals surface area contributed by atoms with Crippen LogP contribution in [0.5, 0.6) is 0 Å². The Balaban J connectivity index is 2.34. The molecule has 3 N–H and O–H groups in total. The maximum atomic E-state index is 11.4. The van der Waals surface area contributed by atoms with E-state index in [-0.39, 0.29) is 11.7 Å². The third-order valence-electron chi connectivity index (χ3n) is 2.80. The number of hydrogen-bond acceptors (Lipinski definition) is 4. The van der Waals surface area contributed by atoms with E-state index in [1.165, 1.54) is 27.5 Å². The Hall–Kier alpha value is -1.53. The van der Waals surface area contributed by atoms with Crippen LogP contribution in [-0.4, -0.2) is 20.8 Å². The van der Waals surface area contributed by atoms with Gasteiger partial charge in [-0.15, -0.1) is 5.10 Å². The molecule has 0 aliphatic rings. The Morgan fingerprint density at radius 1 is 1.53 bits per heavy atom. The summed E-state index contributed by atoms with van der Waals surface area (Å²) in [7, 11) is 1.70. The Morgan fingerprint density at radius 2 is 2.26 bits per heavy atom. The van der Waals surface area contributed by atoms with Gasteiger partial charge in [0.25, 0.3) is 0 Å². The van der Waals surface area contributed by atoms with Crippen LogP contribution in [0.4, 0.5) is 0 Å². The molecule has 0 saturated heterocycles.